The summed E-state index contributed by atoms with van der Waals surface area (Å²) >= 11 is 0. The normalized spacial score (nSPS) is 14.5. The van der Waals surface area contributed by atoms with E-state index < -0.39 is 35.1 Å². The lowest BCUT2D eigenvalue weighted by Crippen LogP contribution is -2.45. The van der Waals surface area contributed by atoms with Gasteiger partial charge in [0.1, 0.15) is 0 Å². The van der Waals surface area contributed by atoms with Crippen molar-refractivity contribution in [1.82, 2.24) is 0 Å². The minimum atomic E-state index is -5.89. The Bertz CT molecular complexity index is 805. The summed E-state index contributed by atoms with van der Waals surface area (Å²) in [6, 6.07) is 4.88. The summed E-state index contributed by atoms with van der Waals surface area (Å²) in [6.07, 6.45) is -10.3. The van der Waals surface area contributed by atoms with Crippen molar-refractivity contribution in [3.05, 3.63) is 35.9 Å². The van der Waals surface area contributed by atoms with Crippen molar-refractivity contribution in [3.63, 3.8) is 0 Å². The van der Waals surface area contributed by atoms with E-state index in [0.717, 1.165) is 12.1 Å². The van der Waals surface area contributed by atoms with E-state index >= 15 is 0 Å². The maximum absolute atomic E-state index is 14.6. The standard InChI is InChI=1S/C15H14F6N4/c16-13(17)14(18,15(19,20)21)7-2-4-9(23)12(25)11(7)6-1-3-8(22)10(24)5-6/h1-5,13H,22-25H2. The molecule has 1 unspecified atom stereocenters. The summed E-state index contributed by atoms with van der Waals surface area (Å²) in [7, 11) is 0. The van der Waals surface area contributed by atoms with E-state index in [2.05, 4.69) is 0 Å². The molecule has 1 atom stereocenters. The molecule has 0 aliphatic rings. The number of nitrogen functional groups attached to an aromatic ring is 4. The molecule has 10 heteroatoms. The molecule has 0 heterocycles. The minimum absolute atomic E-state index is 0.0428. The summed E-state index contributed by atoms with van der Waals surface area (Å²) in [5, 5.41) is 0. The van der Waals surface area contributed by atoms with Gasteiger partial charge in [-0.1, -0.05) is 12.1 Å². The maximum atomic E-state index is 14.6. The van der Waals surface area contributed by atoms with Crippen LogP contribution in [0.5, 0.6) is 0 Å². The van der Waals surface area contributed by atoms with Crippen molar-refractivity contribution in [2.24, 2.45) is 0 Å². The summed E-state index contributed by atoms with van der Waals surface area (Å²) in [5.74, 6) is 0. The van der Waals surface area contributed by atoms with Crippen LogP contribution in [0.4, 0.5) is 49.1 Å². The molecule has 0 aliphatic carbocycles. The zero-order valence-corrected chi connectivity index (χ0v) is 12.5. The Hall–Kier alpha value is -2.78. The molecule has 0 saturated carbocycles. The first kappa shape index (κ1) is 18.6. The van der Waals surface area contributed by atoms with Crippen molar-refractivity contribution in [2.45, 2.75) is 18.3 Å². The predicted molar refractivity (Wildman–Crippen MR) is 84.4 cm³/mol. The topological polar surface area (TPSA) is 104 Å². The molecule has 0 saturated heterocycles. The molecule has 0 bridgehead atoms. The first-order valence-electron chi connectivity index (χ1n) is 6.78. The number of alkyl halides is 6. The van der Waals surface area contributed by atoms with Gasteiger partial charge < -0.3 is 22.9 Å². The Morgan fingerprint density at radius 1 is 0.760 bits per heavy atom. The van der Waals surface area contributed by atoms with Gasteiger partial charge in [0, 0.05) is 11.1 Å². The first-order chi connectivity index (χ1) is 11.4. The van der Waals surface area contributed by atoms with Gasteiger partial charge in [0.15, 0.2) is 0 Å². The molecule has 0 aliphatic heterocycles. The molecular weight excluding hydrogens is 350 g/mol. The smallest absolute Gasteiger partial charge is 0.397 e. The summed E-state index contributed by atoms with van der Waals surface area (Å²) in [4.78, 5) is 0. The molecule has 0 amide bonds. The van der Waals surface area contributed by atoms with Gasteiger partial charge in [0.25, 0.3) is 12.1 Å². The van der Waals surface area contributed by atoms with Gasteiger partial charge >= 0.3 is 6.18 Å². The van der Waals surface area contributed by atoms with Crippen molar-refractivity contribution in [1.29, 1.82) is 0 Å². The van der Waals surface area contributed by atoms with Crippen LogP contribution < -0.4 is 22.9 Å². The molecule has 0 fully saturated rings. The molecule has 4 nitrogen and oxygen atoms in total. The third kappa shape index (κ3) is 2.87. The van der Waals surface area contributed by atoms with Crippen LogP contribution in [0.15, 0.2) is 30.3 Å². The van der Waals surface area contributed by atoms with Crippen molar-refractivity contribution in [2.75, 3.05) is 22.9 Å². The van der Waals surface area contributed by atoms with Gasteiger partial charge in [-0.25, -0.2) is 13.2 Å². The second-order valence-corrected chi connectivity index (χ2v) is 5.34. The maximum Gasteiger partial charge on any atom is 0.432 e. The molecule has 2 aromatic carbocycles. The van der Waals surface area contributed by atoms with Crippen LogP contribution >= 0.6 is 0 Å². The van der Waals surface area contributed by atoms with Gasteiger partial charge in [0.05, 0.1) is 22.7 Å². The molecule has 2 rings (SSSR count). The highest BCUT2D eigenvalue weighted by molar-refractivity contribution is 5.89. The summed E-state index contributed by atoms with van der Waals surface area (Å²) in [5.41, 5.74) is 14.7. The highest BCUT2D eigenvalue weighted by atomic mass is 19.4. The molecule has 0 spiro atoms. The molecule has 0 radical (unpaired) electrons. The number of hydrogen-bond acceptors (Lipinski definition) is 4. The van der Waals surface area contributed by atoms with E-state index in [1.165, 1.54) is 12.1 Å². The Labute approximate surface area is 138 Å². The van der Waals surface area contributed by atoms with Crippen LogP contribution in [0.25, 0.3) is 11.1 Å². The fourth-order valence-electron chi connectivity index (χ4n) is 2.37. The average Bonchev–Trinajstić information content (AvgIpc) is 2.50. The highest BCUT2D eigenvalue weighted by Crippen LogP contribution is 2.51. The number of hydrogen-bond donors (Lipinski definition) is 4. The number of anilines is 4. The van der Waals surface area contributed by atoms with Crippen LogP contribution in [0, 0.1) is 0 Å². The monoisotopic (exact) mass is 364 g/mol. The van der Waals surface area contributed by atoms with E-state index in [0.29, 0.717) is 6.07 Å². The van der Waals surface area contributed by atoms with Gasteiger partial charge in [-0.3, -0.25) is 0 Å². The Kier molecular flexibility index (Phi) is 4.41. The van der Waals surface area contributed by atoms with Crippen molar-refractivity contribution < 1.29 is 26.3 Å². The van der Waals surface area contributed by atoms with E-state index in [1.807, 2.05) is 0 Å². The van der Waals surface area contributed by atoms with Crippen LogP contribution in [-0.2, 0) is 5.67 Å². The SMILES string of the molecule is Nc1ccc(-c2c(C(F)(C(F)F)C(F)(F)F)ccc(N)c2N)cc1N. The fraction of sp³-hybridized carbons (Fsp3) is 0.200. The van der Waals surface area contributed by atoms with Crippen molar-refractivity contribution >= 4 is 22.7 Å². The quantitative estimate of drug-likeness (QED) is 0.493. The van der Waals surface area contributed by atoms with Gasteiger partial charge in [-0.05, 0) is 23.8 Å². The molecule has 0 aromatic heterocycles. The Balaban J connectivity index is 2.89. The third-order valence-corrected chi connectivity index (χ3v) is 3.76. The van der Waals surface area contributed by atoms with Crippen LogP contribution in [0.3, 0.4) is 0 Å². The molecule has 2 aromatic rings. The summed E-state index contributed by atoms with van der Waals surface area (Å²) < 4.78 is 80.2. The largest absolute Gasteiger partial charge is 0.432 e. The van der Waals surface area contributed by atoms with E-state index in [9.17, 15) is 26.3 Å². The molecule has 25 heavy (non-hydrogen) atoms. The van der Waals surface area contributed by atoms with Crippen LogP contribution in [0.1, 0.15) is 5.56 Å². The van der Waals surface area contributed by atoms with Crippen molar-refractivity contribution in [3.8, 4) is 11.1 Å². The highest BCUT2D eigenvalue weighted by Gasteiger charge is 2.64. The zero-order chi connectivity index (χ0) is 19.2. The van der Waals surface area contributed by atoms with Crippen LogP contribution in [0.2, 0.25) is 0 Å². The lowest BCUT2D eigenvalue weighted by atomic mass is 9.86. The second-order valence-electron chi connectivity index (χ2n) is 5.34. The second kappa shape index (κ2) is 5.94. The zero-order valence-electron chi connectivity index (χ0n) is 12.5. The molecule has 136 valence electrons. The average molecular weight is 364 g/mol. The fourth-order valence-corrected chi connectivity index (χ4v) is 2.37. The predicted octanol–water partition coefficient (Wildman–Crippen LogP) is 3.67. The van der Waals surface area contributed by atoms with E-state index in [4.69, 9.17) is 22.9 Å². The minimum Gasteiger partial charge on any atom is -0.397 e. The molecular formula is C15H14F6N4. The summed E-state index contributed by atoms with van der Waals surface area (Å²) in [6.45, 7) is 0. The number of nitrogens with two attached hydrogens (primary N) is 4. The molecule has 8 N–H and O–H groups in total. The van der Waals surface area contributed by atoms with E-state index in [-0.39, 0.29) is 22.6 Å². The van der Waals surface area contributed by atoms with Crippen LogP contribution in [-0.4, -0.2) is 12.6 Å². The number of benzene rings is 2. The van der Waals surface area contributed by atoms with Gasteiger partial charge in [0.2, 0.25) is 0 Å². The van der Waals surface area contributed by atoms with Gasteiger partial charge in [-0.2, -0.15) is 13.2 Å². The number of rotatable bonds is 3. The number of halogens is 6. The van der Waals surface area contributed by atoms with Gasteiger partial charge in [-0.15, -0.1) is 0 Å². The third-order valence-electron chi connectivity index (χ3n) is 3.76. The first-order valence-corrected chi connectivity index (χ1v) is 6.78. The lowest BCUT2D eigenvalue weighted by Gasteiger charge is -2.30. The van der Waals surface area contributed by atoms with E-state index in [1.54, 1.807) is 0 Å². The lowest BCUT2D eigenvalue weighted by molar-refractivity contribution is -0.274. The Morgan fingerprint density at radius 3 is 1.80 bits per heavy atom. The Morgan fingerprint density at radius 2 is 1.32 bits per heavy atom.